The predicted molar refractivity (Wildman–Crippen MR) is 122 cm³/mol. The zero-order chi connectivity index (χ0) is 23.2. The minimum Gasteiger partial charge on any atom is -0.418 e. The Morgan fingerprint density at radius 3 is 2.71 bits per heavy atom. The lowest BCUT2D eigenvalue weighted by Crippen LogP contribution is -2.40. The molecule has 0 spiro atoms. The molecular weight excluding hydrogens is 436 g/mol. The molecule has 6 rings (SSSR count). The van der Waals surface area contributed by atoms with E-state index in [9.17, 15) is 4.79 Å². The number of fused-ring (bicyclic) bond motifs is 1. The average Bonchev–Trinajstić information content (AvgIpc) is 3.58. The summed E-state index contributed by atoms with van der Waals surface area (Å²) in [5, 5.41) is 13.3. The number of aryl methyl sites for hydroxylation is 1. The number of oxazole rings is 1. The first kappa shape index (κ1) is 20.7. The van der Waals surface area contributed by atoms with E-state index in [4.69, 9.17) is 8.83 Å². The Balaban J connectivity index is 1.09. The van der Waals surface area contributed by atoms with Gasteiger partial charge in [-0.2, -0.15) is 4.98 Å². The van der Waals surface area contributed by atoms with Crippen LogP contribution in [0.5, 0.6) is 0 Å². The monoisotopic (exact) mass is 462 g/mol. The second-order valence-corrected chi connectivity index (χ2v) is 8.93. The zero-order valence-electron chi connectivity index (χ0n) is 19.1. The summed E-state index contributed by atoms with van der Waals surface area (Å²) in [4.78, 5) is 19.1. The highest BCUT2D eigenvalue weighted by atomic mass is 16.4. The number of amides is 1. The number of carbonyl (C=O) groups is 1. The quantitative estimate of drug-likeness (QED) is 0.514. The molecule has 1 aliphatic carbocycles. The molecule has 1 amide bonds. The van der Waals surface area contributed by atoms with Crippen LogP contribution in [-0.2, 0) is 24.1 Å². The van der Waals surface area contributed by atoms with Crippen LogP contribution < -0.4 is 16.2 Å². The number of aromatic nitrogens is 3. The van der Waals surface area contributed by atoms with Crippen molar-refractivity contribution in [1.29, 1.82) is 0 Å². The molecule has 3 aromatic rings. The van der Waals surface area contributed by atoms with Crippen molar-refractivity contribution >= 4 is 11.9 Å². The van der Waals surface area contributed by atoms with E-state index in [1.54, 1.807) is 10.0 Å². The number of carbonyl (C=O) groups excluding carboxylic acids is 1. The van der Waals surface area contributed by atoms with Gasteiger partial charge in [0.25, 0.3) is 11.9 Å². The lowest BCUT2D eigenvalue weighted by atomic mass is 10.1. The summed E-state index contributed by atoms with van der Waals surface area (Å²) in [6.07, 6.45) is 2.66. The van der Waals surface area contributed by atoms with Crippen LogP contribution in [0.1, 0.15) is 29.1 Å². The predicted octanol–water partition coefficient (Wildman–Crippen LogP) is 1.55. The van der Waals surface area contributed by atoms with Gasteiger partial charge in [0.2, 0.25) is 17.6 Å². The molecular formula is C23H26N8O3. The van der Waals surface area contributed by atoms with Gasteiger partial charge in [-0.3, -0.25) is 4.79 Å². The molecule has 0 unspecified atom stereocenters. The molecule has 34 heavy (non-hydrogen) atoms. The number of anilines is 1. The number of nitrogens with zero attached hydrogens (tertiary/aromatic N) is 5. The van der Waals surface area contributed by atoms with Crippen LogP contribution in [0.3, 0.4) is 0 Å². The van der Waals surface area contributed by atoms with Crippen LogP contribution in [-0.4, -0.2) is 57.3 Å². The molecule has 0 atom stereocenters. The Labute approximate surface area is 196 Å². The first-order valence-electron chi connectivity index (χ1n) is 11.4. The average molecular weight is 463 g/mol. The summed E-state index contributed by atoms with van der Waals surface area (Å²) in [6.45, 7) is 3.00. The van der Waals surface area contributed by atoms with Gasteiger partial charge < -0.3 is 29.9 Å². The van der Waals surface area contributed by atoms with Crippen LogP contribution in [0.15, 0.2) is 44.5 Å². The maximum atomic E-state index is 12.8. The van der Waals surface area contributed by atoms with Crippen molar-refractivity contribution in [2.24, 2.45) is 0 Å². The van der Waals surface area contributed by atoms with Gasteiger partial charge in [-0.15, -0.1) is 15.3 Å². The summed E-state index contributed by atoms with van der Waals surface area (Å²) in [5.74, 6) is 0.838. The summed E-state index contributed by atoms with van der Waals surface area (Å²) in [5.41, 5.74) is 11.9. The molecule has 11 nitrogen and oxygen atoms in total. The molecule has 4 heterocycles. The van der Waals surface area contributed by atoms with Gasteiger partial charge >= 0.3 is 0 Å². The maximum Gasteiger partial charge on any atom is 0.295 e. The van der Waals surface area contributed by atoms with Crippen molar-refractivity contribution in [3.8, 4) is 11.7 Å². The Kier molecular flexibility index (Phi) is 4.98. The Bertz CT molecular complexity index is 1250. The highest BCUT2D eigenvalue weighted by Crippen LogP contribution is 2.29. The summed E-state index contributed by atoms with van der Waals surface area (Å²) in [6, 6.07) is 9.10. The van der Waals surface area contributed by atoms with E-state index in [2.05, 4.69) is 55.6 Å². The summed E-state index contributed by atoms with van der Waals surface area (Å²) < 4.78 is 11.7. The normalized spacial score (nSPS) is 18.0. The summed E-state index contributed by atoms with van der Waals surface area (Å²) in [7, 11) is 1.89. The molecule has 2 aliphatic heterocycles. The number of hydrogen-bond acceptors (Lipinski definition) is 10. The van der Waals surface area contributed by atoms with Gasteiger partial charge in [0.1, 0.15) is 6.42 Å². The smallest absolute Gasteiger partial charge is 0.295 e. The van der Waals surface area contributed by atoms with Gasteiger partial charge in [0, 0.05) is 26.1 Å². The lowest BCUT2D eigenvalue weighted by Gasteiger charge is -2.26. The molecule has 3 N–H and O–H groups in total. The molecule has 0 bridgehead atoms. The van der Waals surface area contributed by atoms with Gasteiger partial charge in [-0.1, -0.05) is 24.3 Å². The van der Waals surface area contributed by atoms with Crippen LogP contribution in [0.4, 0.5) is 6.01 Å². The molecule has 176 valence electrons. The van der Waals surface area contributed by atoms with Crippen molar-refractivity contribution in [2.45, 2.75) is 38.6 Å². The first-order valence-corrected chi connectivity index (χ1v) is 11.4. The highest BCUT2D eigenvalue weighted by Gasteiger charge is 2.29. The minimum absolute atomic E-state index is 0.0392. The number of hydrazine groups is 2. The molecule has 1 aromatic carbocycles. The van der Waals surface area contributed by atoms with Crippen LogP contribution in [0, 0.1) is 6.92 Å². The van der Waals surface area contributed by atoms with Gasteiger partial charge in [-0.05, 0) is 30.9 Å². The number of nitrogens with one attached hydrogen (secondary N) is 3. The van der Waals surface area contributed by atoms with Crippen molar-refractivity contribution < 1.29 is 13.6 Å². The fourth-order valence-corrected chi connectivity index (χ4v) is 4.79. The van der Waals surface area contributed by atoms with E-state index < -0.39 is 0 Å². The third-order valence-electron chi connectivity index (χ3n) is 6.44. The van der Waals surface area contributed by atoms with Crippen LogP contribution >= 0.6 is 0 Å². The molecule has 3 aliphatic rings. The van der Waals surface area contributed by atoms with Crippen molar-refractivity contribution in [2.75, 3.05) is 25.5 Å². The van der Waals surface area contributed by atoms with Crippen molar-refractivity contribution in [3.63, 3.8) is 0 Å². The van der Waals surface area contributed by atoms with Crippen LogP contribution in [0.25, 0.3) is 11.7 Å². The zero-order valence-corrected chi connectivity index (χ0v) is 19.1. The van der Waals surface area contributed by atoms with Crippen molar-refractivity contribution in [1.82, 2.24) is 36.1 Å². The second-order valence-electron chi connectivity index (χ2n) is 8.93. The SMILES string of the molecule is Cc1nc(NC2Cc3ccccc3C2)oc1-c1nnc(CC(=O)N2CCC3=C(C2)NN(C)N3)o1. The van der Waals surface area contributed by atoms with E-state index in [-0.39, 0.29) is 30.2 Å². The Morgan fingerprint density at radius 1 is 1.15 bits per heavy atom. The lowest BCUT2D eigenvalue weighted by molar-refractivity contribution is -0.130. The van der Waals surface area contributed by atoms with Crippen molar-refractivity contribution in [3.05, 3.63) is 58.4 Å². The summed E-state index contributed by atoms with van der Waals surface area (Å²) >= 11 is 0. The molecule has 0 saturated heterocycles. The van der Waals surface area contributed by atoms with Gasteiger partial charge in [0.05, 0.1) is 23.6 Å². The van der Waals surface area contributed by atoms with E-state index in [1.165, 1.54) is 11.1 Å². The highest BCUT2D eigenvalue weighted by molar-refractivity contribution is 5.78. The maximum absolute atomic E-state index is 12.8. The number of hydrogen-bond donors (Lipinski definition) is 3. The minimum atomic E-state index is -0.0597. The number of benzene rings is 1. The largest absolute Gasteiger partial charge is 0.418 e. The fraction of sp³-hybridized carbons (Fsp3) is 0.391. The third kappa shape index (κ3) is 3.87. The third-order valence-corrected chi connectivity index (χ3v) is 6.44. The van der Waals surface area contributed by atoms with Gasteiger partial charge in [-0.25, -0.2) is 0 Å². The molecule has 0 fully saturated rings. The molecule has 0 saturated carbocycles. The van der Waals surface area contributed by atoms with E-state index in [0.717, 1.165) is 30.7 Å². The molecule has 11 heteroatoms. The molecule has 2 aromatic heterocycles. The van der Waals surface area contributed by atoms with E-state index >= 15 is 0 Å². The molecule has 0 radical (unpaired) electrons. The van der Waals surface area contributed by atoms with Crippen LogP contribution in [0.2, 0.25) is 0 Å². The Morgan fingerprint density at radius 2 is 1.91 bits per heavy atom. The first-order chi connectivity index (χ1) is 16.5. The van der Waals surface area contributed by atoms with E-state index in [0.29, 0.717) is 30.6 Å². The topological polar surface area (TPSA) is 125 Å². The number of rotatable bonds is 5. The standard InChI is InChI=1S/C23H26N8O3/c1-13-21(34-23(24-13)25-16-9-14-5-3-4-6-15(14)10-16)22-27-26-19(33-22)11-20(32)31-8-7-17-18(12-31)29-30(2)28-17/h3-6,16,28-29H,7-12H2,1-2H3,(H,24,25). The van der Waals surface area contributed by atoms with Gasteiger partial charge in [0.15, 0.2) is 0 Å². The van der Waals surface area contributed by atoms with E-state index in [1.807, 2.05) is 14.0 Å². The Hall–Kier alpha value is -3.86. The second kappa shape index (κ2) is 8.17. The fourth-order valence-electron chi connectivity index (χ4n) is 4.79.